The van der Waals surface area contributed by atoms with Gasteiger partial charge in [-0.1, -0.05) is 0 Å². The summed E-state index contributed by atoms with van der Waals surface area (Å²) in [5, 5.41) is 0.796. The smallest absolute Gasteiger partial charge is 0.257 e. The number of rotatable bonds is 4. The lowest BCUT2D eigenvalue weighted by atomic mass is 10.1. The van der Waals surface area contributed by atoms with Crippen LogP contribution in [0.25, 0.3) is 10.9 Å². The summed E-state index contributed by atoms with van der Waals surface area (Å²) in [4.78, 5) is 19.9. The fourth-order valence-corrected chi connectivity index (χ4v) is 1.91. The molecule has 2 aromatic rings. The summed E-state index contributed by atoms with van der Waals surface area (Å²) >= 11 is 0. The van der Waals surface area contributed by atoms with Crippen LogP contribution in [-0.4, -0.2) is 34.5 Å². The van der Waals surface area contributed by atoms with E-state index in [0.29, 0.717) is 6.04 Å². The molecule has 2 heterocycles. The van der Waals surface area contributed by atoms with Gasteiger partial charge in [0, 0.05) is 25.0 Å². The molecule has 4 heteroatoms. The van der Waals surface area contributed by atoms with Gasteiger partial charge in [0.15, 0.2) is 0 Å². The van der Waals surface area contributed by atoms with E-state index in [4.69, 9.17) is 0 Å². The summed E-state index contributed by atoms with van der Waals surface area (Å²) in [6, 6.07) is 2.42. The molecule has 0 aromatic carbocycles. The molecular formula is C13H19N3O. The first-order valence-corrected chi connectivity index (χ1v) is 5.97. The quantitative estimate of drug-likeness (QED) is 0.845. The van der Waals surface area contributed by atoms with E-state index >= 15 is 0 Å². The first kappa shape index (κ1) is 11.9. The van der Waals surface area contributed by atoms with Crippen molar-refractivity contribution in [1.29, 1.82) is 0 Å². The van der Waals surface area contributed by atoms with Crippen LogP contribution in [0.4, 0.5) is 0 Å². The number of aromatic nitrogens is 2. The Labute approximate surface area is 101 Å². The molecule has 0 aliphatic carbocycles. The SMILES string of the molecule is CC(C)N(C)CCc1c[nH]c2cc[nH]c(=O)c12. The van der Waals surface area contributed by atoms with Crippen LogP contribution in [0.15, 0.2) is 23.3 Å². The molecule has 0 unspecified atom stereocenters. The average molecular weight is 233 g/mol. The lowest BCUT2D eigenvalue weighted by molar-refractivity contribution is 0.278. The highest BCUT2D eigenvalue weighted by atomic mass is 16.1. The summed E-state index contributed by atoms with van der Waals surface area (Å²) in [5.41, 5.74) is 2.00. The number of hydrogen-bond donors (Lipinski definition) is 2. The topological polar surface area (TPSA) is 51.9 Å². The van der Waals surface area contributed by atoms with Gasteiger partial charge in [-0.15, -0.1) is 0 Å². The lowest BCUT2D eigenvalue weighted by Crippen LogP contribution is -2.28. The minimum atomic E-state index is -0.00838. The molecule has 0 fully saturated rings. The molecule has 92 valence electrons. The maximum absolute atomic E-state index is 11.8. The Hall–Kier alpha value is -1.55. The van der Waals surface area contributed by atoms with E-state index in [9.17, 15) is 4.79 Å². The van der Waals surface area contributed by atoms with E-state index < -0.39 is 0 Å². The predicted molar refractivity (Wildman–Crippen MR) is 70.4 cm³/mol. The van der Waals surface area contributed by atoms with E-state index in [2.05, 4.69) is 35.8 Å². The molecule has 0 saturated heterocycles. The van der Waals surface area contributed by atoms with Gasteiger partial charge in [-0.05, 0) is 38.9 Å². The highest BCUT2D eigenvalue weighted by Gasteiger charge is 2.09. The second-order valence-corrected chi connectivity index (χ2v) is 4.73. The number of fused-ring (bicyclic) bond motifs is 1. The summed E-state index contributed by atoms with van der Waals surface area (Å²) in [5.74, 6) is 0. The summed E-state index contributed by atoms with van der Waals surface area (Å²) < 4.78 is 0. The van der Waals surface area contributed by atoms with Gasteiger partial charge >= 0.3 is 0 Å². The molecule has 0 saturated carbocycles. The van der Waals surface area contributed by atoms with E-state index in [1.54, 1.807) is 6.20 Å². The minimum Gasteiger partial charge on any atom is -0.361 e. The molecule has 4 nitrogen and oxygen atoms in total. The first-order chi connectivity index (χ1) is 8.09. The predicted octanol–water partition coefficient (Wildman–Crippen LogP) is 1.74. The number of nitrogens with one attached hydrogen (secondary N) is 2. The molecule has 0 spiro atoms. The molecule has 0 aliphatic heterocycles. The molecule has 0 aliphatic rings. The van der Waals surface area contributed by atoms with E-state index in [-0.39, 0.29) is 5.56 Å². The number of nitrogens with zero attached hydrogens (tertiary/aromatic N) is 1. The lowest BCUT2D eigenvalue weighted by Gasteiger charge is -2.20. The number of pyridine rings is 1. The maximum Gasteiger partial charge on any atom is 0.257 e. The van der Waals surface area contributed by atoms with Gasteiger partial charge in [0.05, 0.1) is 10.9 Å². The van der Waals surface area contributed by atoms with Crippen molar-refractivity contribution in [2.75, 3.05) is 13.6 Å². The summed E-state index contributed by atoms with van der Waals surface area (Å²) in [6.45, 7) is 5.29. The number of hydrogen-bond acceptors (Lipinski definition) is 2. The second-order valence-electron chi connectivity index (χ2n) is 4.73. The van der Waals surface area contributed by atoms with Gasteiger partial charge in [0.25, 0.3) is 5.56 Å². The third-order valence-electron chi connectivity index (χ3n) is 3.30. The zero-order valence-electron chi connectivity index (χ0n) is 10.6. The minimum absolute atomic E-state index is 0.00838. The van der Waals surface area contributed by atoms with E-state index in [1.165, 1.54) is 0 Å². The summed E-state index contributed by atoms with van der Waals surface area (Å²) in [7, 11) is 2.10. The van der Waals surface area contributed by atoms with Crippen molar-refractivity contribution in [3.8, 4) is 0 Å². The first-order valence-electron chi connectivity index (χ1n) is 5.97. The van der Waals surface area contributed by atoms with E-state index in [1.807, 2.05) is 12.3 Å². The van der Waals surface area contributed by atoms with Crippen LogP contribution in [0.5, 0.6) is 0 Å². The van der Waals surface area contributed by atoms with Gasteiger partial charge < -0.3 is 14.9 Å². The Balaban J connectivity index is 2.22. The number of H-pyrrole nitrogens is 2. The van der Waals surface area contributed by atoms with Crippen molar-refractivity contribution >= 4 is 10.9 Å². The van der Waals surface area contributed by atoms with Crippen LogP contribution in [0, 0.1) is 0 Å². The molecule has 0 bridgehead atoms. The van der Waals surface area contributed by atoms with Crippen molar-refractivity contribution in [1.82, 2.24) is 14.9 Å². The molecule has 0 atom stereocenters. The standard InChI is InChI=1S/C13H19N3O/c1-9(2)16(3)7-5-10-8-15-11-4-6-14-13(17)12(10)11/h4,6,8-9,15H,5,7H2,1-3H3,(H,14,17). The van der Waals surface area contributed by atoms with E-state index in [0.717, 1.165) is 29.4 Å². The molecule has 2 rings (SSSR count). The number of aromatic amines is 2. The Morgan fingerprint density at radius 3 is 2.82 bits per heavy atom. The Bertz CT molecular complexity index is 553. The molecule has 17 heavy (non-hydrogen) atoms. The highest BCUT2D eigenvalue weighted by Crippen LogP contribution is 2.14. The third kappa shape index (κ3) is 2.42. The van der Waals surface area contributed by atoms with Crippen LogP contribution in [-0.2, 0) is 6.42 Å². The Morgan fingerprint density at radius 1 is 1.35 bits per heavy atom. The van der Waals surface area contributed by atoms with Crippen LogP contribution < -0.4 is 5.56 Å². The Kier molecular flexibility index (Phi) is 3.33. The van der Waals surface area contributed by atoms with Crippen LogP contribution in [0.3, 0.4) is 0 Å². The van der Waals surface area contributed by atoms with Gasteiger partial charge in [-0.2, -0.15) is 0 Å². The van der Waals surface area contributed by atoms with Crippen molar-refractivity contribution in [3.63, 3.8) is 0 Å². The molecule has 0 radical (unpaired) electrons. The van der Waals surface area contributed by atoms with Gasteiger partial charge in [-0.25, -0.2) is 0 Å². The fraction of sp³-hybridized carbons (Fsp3) is 0.462. The molecule has 2 N–H and O–H groups in total. The van der Waals surface area contributed by atoms with Gasteiger partial charge in [0.2, 0.25) is 0 Å². The Morgan fingerprint density at radius 2 is 2.12 bits per heavy atom. The third-order valence-corrected chi connectivity index (χ3v) is 3.30. The zero-order valence-corrected chi connectivity index (χ0v) is 10.6. The largest absolute Gasteiger partial charge is 0.361 e. The zero-order chi connectivity index (χ0) is 12.4. The van der Waals surface area contributed by atoms with Crippen LogP contribution >= 0.6 is 0 Å². The van der Waals surface area contributed by atoms with Crippen molar-refractivity contribution in [3.05, 3.63) is 34.4 Å². The second kappa shape index (κ2) is 4.75. The van der Waals surface area contributed by atoms with Crippen LogP contribution in [0.1, 0.15) is 19.4 Å². The normalized spacial score (nSPS) is 11.8. The van der Waals surface area contributed by atoms with Gasteiger partial charge in [0.1, 0.15) is 0 Å². The van der Waals surface area contributed by atoms with Crippen LogP contribution in [0.2, 0.25) is 0 Å². The van der Waals surface area contributed by atoms with Crippen molar-refractivity contribution < 1.29 is 0 Å². The monoisotopic (exact) mass is 233 g/mol. The number of likely N-dealkylation sites (N-methyl/N-ethyl adjacent to an activating group) is 1. The fourth-order valence-electron chi connectivity index (χ4n) is 1.91. The molecule has 2 aromatic heterocycles. The average Bonchev–Trinajstić information content (AvgIpc) is 2.70. The summed E-state index contributed by atoms with van der Waals surface area (Å²) in [6.07, 6.45) is 4.50. The van der Waals surface area contributed by atoms with Gasteiger partial charge in [-0.3, -0.25) is 4.79 Å². The van der Waals surface area contributed by atoms with Crippen molar-refractivity contribution in [2.45, 2.75) is 26.3 Å². The van der Waals surface area contributed by atoms with Crippen molar-refractivity contribution in [2.24, 2.45) is 0 Å². The highest BCUT2D eigenvalue weighted by molar-refractivity contribution is 5.81. The maximum atomic E-state index is 11.8. The molecular weight excluding hydrogens is 214 g/mol. The molecule has 0 amide bonds.